The molecule has 2 aromatic carbocycles. The van der Waals surface area contributed by atoms with E-state index >= 15 is 0 Å². The van der Waals surface area contributed by atoms with Crippen molar-refractivity contribution in [3.63, 3.8) is 0 Å². The van der Waals surface area contributed by atoms with Crippen molar-refractivity contribution in [3.05, 3.63) is 59.4 Å². The van der Waals surface area contributed by atoms with Crippen molar-refractivity contribution in [2.45, 2.75) is 18.6 Å². The minimum Gasteiger partial charge on any atom is -0.497 e. The summed E-state index contributed by atoms with van der Waals surface area (Å²) in [6.07, 6.45) is 0.394. The Morgan fingerprint density at radius 1 is 1.25 bits per heavy atom. The molecule has 20 heavy (non-hydrogen) atoms. The van der Waals surface area contributed by atoms with Crippen LogP contribution in [-0.2, 0) is 0 Å². The van der Waals surface area contributed by atoms with Gasteiger partial charge in [-0.1, -0.05) is 12.1 Å². The Bertz CT molecular complexity index is 630. The molecular weight excluding hydrogens is 257 g/mol. The van der Waals surface area contributed by atoms with E-state index in [2.05, 4.69) is 0 Å². The monoisotopic (exact) mass is 273 g/mol. The fraction of sp³-hybridized carbons (Fsp3) is 0.250. The van der Waals surface area contributed by atoms with Crippen molar-refractivity contribution < 1.29 is 13.9 Å². The molecule has 2 atom stereocenters. The van der Waals surface area contributed by atoms with Crippen molar-refractivity contribution in [2.75, 3.05) is 7.11 Å². The molecule has 0 radical (unpaired) electrons. The number of fused-ring (bicyclic) bond motifs is 1. The van der Waals surface area contributed by atoms with Gasteiger partial charge in [-0.2, -0.15) is 0 Å². The molecule has 0 saturated heterocycles. The van der Waals surface area contributed by atoms with Crippen molar-refractivity contribution in [1.82, 2.24) is 0 Å². The van der Waals surface area contributed by atoms with Crippen LogP contribution in [0.3, 0.4) is 0 Å². The van der Waals surface area contributed by atoms with E-state index in [1.165, 1.54) is 12.1 Å². The summed E-state index contributed by atoms with van der Waals surface area (Å²) in [4.78, 5) is 0. The maximum absolute atomic E-state index is 13.3. The second-order valence-corrected chi connectivity index (χ2v) is 4.91. The van der Waals surface area contributed by atoms with E-state index in [4.69, 9.17) is 15.2 Å². The third kappa shape index (κ3) is 2.34. The van der Waals surface area contributed by atoms with Crippen LogP contribution in [0.5, 0.6) is 11.5 Å². The molecule has 0 bridgehead atoms. The molecule has 104 valence electrons. The molecule has 0 saturated carbocycles. The standard InChI is InChI=1S/C16H16FNO2/c1-19-12-5-6-15-13(8-12)14(18)9-16(20-15)10-3-2-4-11(17)7-10/h2-8,14,16H,9,18H2,1H3/t14-,16?/m1/s1. The number of rotatable bonds is 2. The lowest BCUT2D eigenvalue weighted by molar-refractivity contribution is 0.161. The Kier molecular flexibility index (Phi) is 3.32. The Morgan fingerprint density at radius 2 is 2.10 bits per heavy atom. The lowest BCUT2D eigenvalue weighted by Gasteiger charge is -2.30. The molecule has 1 unspecified atom stereocenters. The van der Waals surface area contributed by atoms with Gasteiger partial charge in [0.05, 0.1) is 7.11 Å². The molecule has 0 fully saturated rings. The van der Waals surface area contributed by atoms with Crippen LogP contribution in [0, 0.1) is 5.82 Å². The summed E-state index contributed by atoms with van der Waals surface area (Å²) in [6.45, 7) is 0. The number of hydrogen-bond acceptors (Lipinski definition) is 3. The number of hydrogen-bond donors (Lipinski definition) is 1. The zero-order valence-electron chi connectivity index (χ0n) is 11.2. The Balaban J connectivity index is 1.93. The van der Waals surface area contributed by atoms with Crippen LogP contribution in [0.2, 0.25) is 0 Å². The molecule has 2 aromatic rings. The van der Waals surface area contributed by atoms with E-state index in [9.17, 15) is 4.39 Å². The maximum atomic E-state index is 13.3. The Hall–Kier alpha value is -2.07. The first kappa shape index (κ1) is 12.9. The predicted molar refractivity (Wildman–Crippen MR) is 74.3 cm³/mol. The number of nitrogens with two attached hydrogens (primary N) is 1. The Morgan fingerprint density at radius 3 is 2.85 bits per heavy atom. The number of halogens is 1. The van der Waals surface area contributed by atoms with Crippen LogP contribution in [0.15, 0.2) is 42.5 Å². The highest BCUT2D eigenvalue weighted by molar-refractivity contribution is 5.44. The van der Waals surface area contributed by atoms with Gasteiger partial charge in [0.15, 0.2) is 0 Å². The van der Waals surface area contributed by atoms with Crippen LogP contribution in [0.4, 0.5) is 4.39 Å². The third-order valence-corrected chi connectivity index (χ3v) is 3.57. The third-order valence-electron chi connectivity index (χ3n) is 3.57. The molecule has 4 heteroatoms. The second kappa shape index (κ2) is 5.13. The van der Waals surface area contributed by atoms with E-state index in [0.29, 0.717) is 6.42 Å². The Labute approximate surface area is 117 Å². The fourth-order valence-corrected chi connectivity index (χ4v) is 2.52. The lowest BCUT2D eigenvalue weighted by atomic mass is 9.93. The van der Waals surface area contributed by atoms with Crippen LogP contribution in [0.1, 0.15) is 29.7 Å². The highest BCUT2D eigenvalue weighted by atomic mass is 19.1. The van der Waals surface area contributed by atoms with Gasteiger partial charge in [0, 0.05) is 18.0 Å². The first-order chi connectivity index (χ1) is 9.67. The SMILES string of the molecule is COc1ccc2c(c1)[C@H](N)CC(c1cccc(F)c1)O2. The molecule has 3 nitrogen and oxygen atoms in total. The van der Waals surface area contributed by atoms with Gasteiger partial charge in [0.25, 0.3) is 0 Å². The van der Waals surface area contributed by atoms with Gasteiger partial charge in [-0.25, -0.2) is 4.39 Å². The summed E-state index contributed by atoms with van der Waals surface area (Å²) in [5.41, 5.74) is 7.94. The minimum atomic E-state index is -0.264. The minimum absolute atomic E-state index is 0.151. The van der Waals surface area contributed by atoms with Gasteiger partial charge >= 0.3 is 0 Å². The van der Waals surface area contributed by atoms with Gasteiger partial charge in [-0.3, -0.25) is 0 Å². The van der Waals surface area contributed by atoms with Crippen molar-refractivity contribution in [2.24, 2.45) is 5.73 Å². The van der Waals surface area contributed by atoms with E-state index in [0.717, 1.165) is 22.6 Å². The average molecular weight is 273 g/mol. The summed E-state index contributed by atoms with van der Waals surface area (Å²) in [5.74, 6) is 1.23. The van der Waals surface area contributed by atoms with Crippen LogP contribution >= 0.6 is 0 Å². The van der Waals surface area contributed by atoms with Crippen molar-refractivity contribution in [3.8, 4) is 11.5 Å². The van der Waals surface area contributed by atoms with Crippen molar-refractivity contribution >= 4 is 0 Å². The molecule has 0 aromatic heterocycles. The largest absolute Gasteiger partial charge is 0.497 e. The molecule has 0 spiro atoms. The molecule has 3 rings (SSSR count). The van der Waals surface area contributed by atoms with Crippen LogP contribution < -0.4 is 15.2 Å². The molecule has 0 aliphatic carbocycles. The van der Waals surface area contributed by atoms with Crippen LogP contribution in [0.25, 0.3) is 0 Å². The maximum Gasteiger partial charge on any atom is 0.126 e. The second-order valence-electron chi connectivity index (χ2n) is 4.91. The number of benzene rings is 2. The van der Waals surface area contributed by atoms with Gasteiger partial charge in [0.2, 0.25) is 0 Å². The number of ether oxygens (including phenoxy) is 2. The van der Waals surface area contributed by atoms with E-state index in [1.54, 1.807) is 13.2 Å². The highest BCUT2D eigenvalue weighted by Crippen LogP contribution is 2.41. The zero-order valence-corrected chi connectivity index (χ0v) is 11.2. The molecule has 1 aliphatic rings. The smallest absolute Gasteiger partial charge is 0.126 e. The first-order valence-corrected chi connectivity index (χ1v) is 6.53. The average Bonchev–Trinajstić information content (AvgIpc) is 2.47. The van der Waals surface area contributed by atoms with Gasteiger partial charge in [-0.15, -0.1) is 0 Å². The lowest BCUT2D eigenvalue weighted by Crippen LogP contribution is -2.24. The van der Waals surface area contributed by atoms with Crippen LogP contribution in [-0.4, -0.2) is 7.11 Å². The molecule has 2 N–H and O–H groups in total. The van der Waals surface area contributed by atoms with Crippen molar-refractivity contribution in [1.29, 1.82) is 0 Å². The summed E-state index contributed by atoms with van der Waals surface area (Å²) in [7, 11) is 1.62. The quantitative estimate of drug-likeness (QED) is 0.912. The highest BCUT2D eigenvalue weighted by Gasteiger charge is 2.27. The summed E-state index contributed by atoms with van der Waals surface area (Å²) >= 11 is 0. The summed E-state index contributed by atoms with van der Waals surface area (Å²) < 4.78 is 24.4. The molecule has 1 aliphatic heterocycles. The topological polar surface area (TPSA) is 44.5 Å². The number of methoxy groups -OCH3 is 1. The molecule has 1 heterocycles. The van der Waals surface area contributed by atoms with E-state index in [-0.39, 0.29) is 18.0 Å². The zero-order chi connectivity index (χ0) is 14.1. The van der Waals surface area contributed by atoms with E-state index < -0.39 is 0 Å². The van der Waals surface area contributed by atoms with Gasteiger partial charge in [0.1, 0.15) is 23.4 Å². The van der Waals surface area contributed by atoms with Gasteiger partial charge in [-0.05, 0) is 35.9 Å². The fourth-order valence-electron chi connectivity index (χ4n) is 2.52. The molecular formula is C16H16FNO2. The van der Waals surface area contributed by atoms with Gasteiger partial charge < -0.3 is 15.2 Å². The summed E-state index contributed by atoms with van der Waals surface area (Å²) in [6, 6.07) is 11.9. The first-order valence-electron chi connectivity index (χ1n) is 6.53. The van der Waals surface area contributed by atoms with E-state index in [1.807, 2.05) is 24.3 Å². The normalized spacial score (nSPS) is 20.9. The molecule has 0 amide bonds. The summed E-state index contributed by atoms with van der Waals surface area (Å²) in [5, 5.41) is 0. The predicted octanol–water partition coefficient (Wildman–Crippen LogP) is 3.36.